The minimum Gasteiger partial charge on any atom is -0.503 e. The monoisotopic (exact) mass is 421 g/mol. The molecule has 0 bridgehead atoms. The Labute approximate surface area is 171 Å². The lowest BCUT2D eigenvalue weighted by molar-refractivity contribution is -0.137. The highest BCUT2D eigenvalue weighted by atomic mass is 19.4. The van der Waals surface area contributed by atoms with Crippen molar-refractivity contribution in [2.24, 2.45) is 5.41 Å². The van der Waals surface area contributed by atoms with Crippen molar-refractivity contribution in [3.63, 3.8) is 0 Å². The molecule has 1 aromatic heterocycles. The van der Waals surface area contributed by atoms with E-state index in [9.17, 15) is 27.9 Å². The molecule has 160 valence electrons. The first-order valence-electron chi connectivity index (χ1n) is 9.32. The first kappa shape index (κ1) is 21.7. The topological polar surface area (TPSA) is 70.8 Å². The second-order valence-corrected chi connectivity index (χ2v) is 8.32. The molecular formula is C22H22F3NO4. The molecule has 2 aromatic rings. The van der Waals surface area contributed by atoms with Crippen LogP contribution in [0.4, 0.5) is 13.2 Å². The first-order chi connectivity index (χ1) is 13.8. The number of alkyl halides is 3. The molecule has 1 unspecified atom stereocenters. The van der Waals surface area contributed by atoms with Gasteiger partial charge in [0.2, 0.25) is 0 Å². The van der Waals surface area contributed by atoms with Crippen LogP contribution in [0.3, 0.4) is 0 Å². The predicted octanol–water partition coefficient (Wildman–Crippen LogP) is 5.12. The number of benzene rings is 1. The molecule has 0 saturated carbocycles. The van der Waals surface area contributed by atoms with Crippen LogP contribution in [-0.2, 0) is 22.3 Å². The minimum absolute atomic E-state index is 0.117. The van der Waals surface area contributed by atoms with Crippen LogP contribution in [0.2, 0.25) is 0 Å². The zero-order chi connectivity index (χ0) is 22.4. The third-order valence-electron chi connectivity index (χ3n) is 4.87. The summed E-state index contributed by atoms with van der Waals surface area (Å²) in [6.45, 7) is 6.41. The van der Waals surface area contributed by atoms with Gasteiger partial charge in [-0.2, -0.15) is 13.2 Å². The van der Waals surface area contributed by atoms with Crippen molar-refractivity contribution in [2.75, 3.05) is 0 Å². The van der Waals surface area contributed by atoms with Crippen LogP contribution in [-0.4, -0.2) is 21.7 Å². The van der Waals surface area contributed by atoms with Gasteiger partial charge >= 0.3 is 6.18 Å². The number of aliphatic hydroxyl groups excluding tert-OH is 1. The van der Waals surface area contributed by atoms with E-state index >= 15 is 0 Å². The molecule has 0 saturated heterocycles. The number of aliphatic hydroxyl groups is 1. The lowest BCUT2D eigenvalue weighted by atomic mass is 9.83. The number of ketones is 1. The zero-order valence-electron chi connectivity index (χ0n) is 17.0. The number of amides is 1. The third-order valence-corrected chi connectivity index (χ3v) is 4.87. The van der Waals surface area contributed by atoms with Crippen LogP contribution < -0.4 is 0 Å². The van der Waals surface area contributed by atoms with Crippen LogP contribution >= 0.6 is 0 Å². The van der Waals surface area contributed by atoms with E-state index in [1.54, 1.807) is 39.8 Å². The van der Waals surface area contributed by atoms with Crippen LogP contribution in [0.1, 0.15) is 49.5 Å². The number of hydrogen-bond acceptors (Lipinski definition) is 4. The van der Waals surface area contributed by atoms with E-state index in [0.29, 0.717) is 5.76 Å². The van der Waals surface area contributed by atoms with E-state index < -0.39 is 40.6 Å². The van der Waals surface area contributed by atoms with Crippen molar-refractivity contribution >= 4 is 11.7 Å². The first-order valence-corrected chi connectivity index (χ1v) is 9.32. The van der Waals surface area contributed by atoms with Crippen LogP contribution in [0.15, 0.2) is 52.1 Å². The molecule has 1 amide bonds. The fraction of sp³-hybridized carbons (Fsp3) is 0.364. The number of aryl methyl sites for hydroxylation is 1. The van der Waals surface area contributed by atoms with Crippen LogP contribution in [0, 0.1) is 12.3 Å². The van der Waals surface area contributed by atoms with Crippen molar-refractivity contribution in [1.82, 2.24) is 4.90 Å². The molecule has 1 N–H and O–H groups in total. The highest BCUT2D eigenvalue weighted by molar-refractivity contribution is 6.10. The highest BCUT2D eigenvalue weighted by Gasteiger charge is 2.47. The molecule has 2 heterocycles. The fourth-order valence-corrected chi connectivity index (χ4v) is 3.39. The van der Waals surface area contributed by atoms with E-state index in [2.05, 4.69) is 0 Å². The van der Waals surface area contributed by atoms with E-state index in [1.165, 1.54) is 12.1 Å². The molecule has 0 fully saturated rings. The molecule has 1 aliphatic heterocycles. The summed E-state index contributed by atoms with van der Waals surface area (Å²) in [6.07, 6.45) is -4.53. The van der Waals surface area contributed by atoms with E-state index in [0.717, 1.165) is 17.0 Å². The number of furan rings is 1. The standard InChI is InChI=1S/C22H22F3NO4/c1-12-8-9-15(30-12)17-16(19(28)21(2,3)4)18(27)20(29)26(17)11-13-6-5-7-14(10-13)22(23,24)25/h5-10,17,27H,11H2,1-4H3. The van der Waals surface area contributed by atoms with E-state index in [1.807, 2.05) is 0 Å². The smallest absolute Gasteiger partial charge is 0.416 e. The largest absolute Gasteiger partial charge is 0.503 e. The van der Waals surface area contributed by atoms with Gasteiger partial charge in [-0.25, -0.2) is 0 Å². The Morgan fingerprint density at radius 1 is 1.17 bits per heavy atom. The molecule has 3 rings (SSSR count). The summed E-state index contributed by atoms with van der Waals surface area (Å²) in [7, 11) is 0. The summed E-state index contributed by atoms with van der Waals surface area (Å²) in [4.78, 5) is 27.0. The van der Waals surface area contributed by atoms with Crippen LogP contribution in [0.5, 0.6) is 0 Å². The summed E-state index contributed by atoms with van der Waals surface area (Å²) >= 11 is 0. The van der Waals surface area contributed by atoms with Gasteiger partial charge in [0.1, 0.15) is 17.6 Å². The summed E-state index contributed by atoms with van der Waals surface area (Å²) in [6, 6.07) is 6.78. The van der Waals surface area contributed by atoms with Gasteiger partial charge in [-0.1, -0.05) is 32.9 Å². The maximum atomic E-state index is 13.1. The lowest BCUT2D eigenvalue weighted by Crippen LogP contribution is -2.32. The maximum absolute atomic E-state index is 13.1. The highest BCUT2D eigenvalue weighted by Crippen LogP contribution is 2.42. The Kier molecular flexibility index (Phi) is 5.30. The summed E-state index contributed by atoms with van der Waals surface area (Å²) in [5.74, 6) is -1.20. The number of hydrogen-bond donors (Lipinski definition) is 1. The van der Waals surface area contributed by atoms with Gasteiger partial charge in [0.15, 0.2) is 11.5 Å². The molecule has 0 spiro atoms. The zero-order valence-corrected chi connectivity index (χ0v) is 17.0. The van der Waals surface area contributed by atoms with Gasteiger partial charge in [-0.05, 0) is 36.8 Å². The lowest BCUT2D eigenvalue weighted by Gasteiger charge is -2.27. The van der Waals surface area contributed by atoms with Crippen molar-refractivity contribution in [3.05, 3.63) is 70.4 Å². The Bertz CT molecular complexity index is 1030. The second kappa shape index (κ2) is 7.34. The van der Waals surface area contributed by atoms with Crippen molar-refractivity contribution in [2.45, 2.75) is 46.5 Å². The molecule has 1 atom stereocenters. The fourth-order valence-electron chi connectivity index (χ4n) is 3.39. The van der Waals surface area contributed by atoms with Crippen molar-refractivity contribution < 1.29 is 32.3 Å². The summed E-state index contributed by atoms with van der Waals surface area (Å²) in [5.41, 5.74) is -1.65. The number of carbonyl (C=O) groups is 2. The Hall–Kier alpha value is -3.03. The van der Waals surface area contributed by atoms with E-state index in [4.69, 9.17) is 4.42 Å². The van der Waals surface area contributed by atoms with Gasteiger partial charge in [-0.3, -0.25) is 9.59 Å². The number of halogens is 3. The number of carbonyl (C=O) groups excluding carboxylic acids is 2. The predicted molar refractivity (Wildman–Crippen MR) is 102 cm³/mol. The average Bonchev–Trinajstić information content (AvgIpc) is 3.16. The number of Topliss-reactive ketones (excluding diaryl/α,β-unsaturated/α-hetero) is 1. The molecule has 30 heavy (non-hydrogen) atoms. The number of rotatable bonds is 4. The molecule has 8 heteroatoms. The Balaban J connectivity index is 2.06. The van der Waals surface area contributed by atoms with Crippen molar-refractivity contribution in [1.29, 1.82) is 0 Å². The molecule has 0 aliphatic carbocycles. The second-order valence-electron chi connectivity index (χ2n) is 8.32. The molecule has 0 radical (unpaired) electrons. The summed E-state index contributed by atoms with van der Waals surface area (Å²) < 4.78 is 44.9. The van der Waals surface area contributed by atoms with Gasteiger partial charge < -0.3 is 14.4 Å². The van der Waals surface area contributed by atoms with Gasteiger partial charge in [0.25, 0.3) is 5.91 Å². The summed E-state index contributed by atoms with van der Waals surface area (Å²) in [5, 5.41) is 10.5. The molecular weight excluding hydrogens is 399 g/mol. The van der Waals surface area contributed by atoms with Gasteiger partial charge in [0.05, 0.1) is 11.1 Å². The Morgan fingerprint density at radius 2 is 1.83 bits per heavy atom. The normalized spacial score (nSPS) is 17.8. The van der Waals surface area contributed by atoms with Crippen LogP contribution in [0.25, 0.3) is 0 Å². The average molecular weight is 421 g/mol. The van der Waals surface area contributed by atoms with E-state index in [-0.39, 0.29) is 23.4 Å². The van der Waals surface area contributed by atoms with Crippen molar-refractivity contribution in [3.8, 4) is 0 Å². The minimum atomic E-state index is -4.53. The van der Waals surface area contributed by atoms with Gasteiger partial charge in [0, 0.05) is 12.0 Å². The number of nitrogens with zero attached hydrogens (tertiary/aromatic N) is 1. The quantitative estimate of drug-likeness (QED) is 0.744. The maximum Gasteiger partial charge on any atom is 0.416 e. The molecule has 1 aromatic carbocycles. The SMILES string of the molecule is Cc1ccc(C2C(C(=O)C(C)(C)C)=C(O)C(=O)N2Cc2cccc(C(F)(F)F)c2)o1. The third kappa shape index (κ3) is 3.99. The Morgan fingerprint density at radius 3 is 2.37 bits per heavy atom. The molecule has 5 nitrogen and oxygen atoms in total. The molecule has 1 aliphatic rings. The van der Waals surface area contributed by atoms with Gasteiger partial charge in [-0.15, -0.1) is 0 Å².